The molecular weight excluding hydrogens is 480 g/mol. The van der Waals surface area contributed by atoms with Gasteiger partial charge in [-0.25, -0.2) is 8.78 Å². The maximum atomic E-state index is 15.1. The molecule has 2 aliphatic carbocycles. The molecule has 37 heavy (non-hydrogen) atoms. The van der Waals surface area contributed by atoms with Gasteiger partial charge in [-0.05, 0) is 74.4 Å². The lowest BCUT2D eigenvalue weighted by Crippen LogP contribution is -2.48. The second-order valence-electron chi connectivity index (χ2n) is 11.3. The minimum absolute atomic E-state index is 0.0406. The van der Waals surface area contributed by atoms with Gasteiger partial charge in [0.1, 0.15) is 18.6 Å². The highest BCUT2D eigenvalue weighted by Crippen LogP contribution is 2.37. The minimum Gasteiger partial charge on any atom is -0.481 e. The van der Waals surface area contributed by atoms with Gasteiger partial charge in [-0.15, -0.1) is 0 Å². The molecule has 4 rings (SSSR count). The van der Waals surface area contributed by atoms with Crippen LogP contribution in [-0.2, 0) is 9.53 Å². The Morgan fingerprint density at radius 1 is 1.24 bits per heavy atom. The van der Waals surface area contributed by atoms with E-state index in [1.807, 2.05) is 31.5 Å². The van der Waals surface area contributed by atoms with Crippen LogP contribution in [0, 0.1) is 11.8 Å². The van der Waals surface area contributed by atoms with Crippen molar-refractivity contribution in [2.24, 2.45) is 11.8 Å². The third-order valence-corrected chi connectivity index (χ3v) is 8.35. The highest BCUT2D eigenvalue weighted by molar-refractivity contribution is 5.66. The van der Waals surface area contributed by atoms with Crippen LogP contribution in [0.2, 0.25) is 0 Å². The Balaban J connectivity index is 1.27. The van der Waals surface area contributed by atoms with E-state index in [9.17, 15) is 14.3 Å². The van der Waals surface area contributed by atoms with Crippen LogP contribution in [0.15, 0.2) is 35.6 Å². The summed E-state index contributed by atoms with van der Waals surface area (Å²) in [5.41, 5.74) is 1.07. The molecule has 0 aromatic rings. The van der Waals surface area contributed by atoms with Crippen molar-refractivity contribution in [2.45, 2.75) is 101 Å². The van der Waals surface area contributed by atoms with Crippen LogP contribution in [0.1, 0.15) is 58.3 Å². The molecule has 0 aromatic carbocycles. The van der Waals surface area contributed by atoms with Crippen molar-refractivity contribution in [3.8, 4) is 0 Å². The van der Waals surface area contributed by atoms with Crippen molar-refractivity contribution in [3.63, 3.8) is 0 Å². The number of nitrogens with zero attached hydrogens (tertiary/aromatic N) is 1. The number of carboxylic acid groups (broad SMARTS) is 1. The van der Waals surface area contributed by atoms with Gasteiger partial charge >= 0.3 is 5.97 Å². The van der Waals surface area contributed by atoms with E-state index >= 15 is 4.39 Å². The number of aliphatic hydroxyl groups is 1. The fraction of sp³-hybridized carbons (Fsp3) is 0.750. The molecule has 7 unspecified atom stereocenters. The molecule has 0 bridgehead atoms. The van der Waals surface area contributed by atoms with Crippen molar-refractivity contribution in [1.29, 1.82) is 0 Å². The third-order valence-electron chi connectivity index (χ3n) is 8.35. The van der Waals surface area contributed by atoms with Crippen LogP contribution in [-0.4, -0.2) is 84.1 Å². The molecule has 9 atom stereocenters. The zero-order chi connectivity index (χ0) is 26.5. The SMILES string of the molecule is CC1C=C(C2=CC[C@@H](OC3C=CN(C)C(C4CC(C(O)NCCCC(=O)O)CN4)C3)CC2F)[C@@H](F)CC1. The van der Waals surface area contributed by atoms with E-state index in [2.05, 4.69) is 22.5 Å². The summed E-state index contributed by atoms with van der Waals surface area (Å²) in [7, 11) is 2.03. The second kappa shape index (κ2) is 12.8. The molecule has 0 radical (unpaired) electrons. The number of allylic oxidation sites excluding steroid dienone is 3. The molecule has 0 spiro atoms. The molecule has 0 saturated carbocycles. The quantitative estimate of drug-likeness (QED) is 0.257. The molecule has 1 saturated heterocycles. The van der Waals surface area contributed by atoms with Crippen molar-refractivity contribution < 1.29 is 28.5 Å². The van der Waals surface area contributed by atoms with E-state index in [4.69, 9.17) is 9.84 Å². The van der Waals surface area contributed by atoms with E-state index in [1.165, 1.54) is 0 Å². The Bertz CT molecular complexity index is 881. The fourth-order valence-corrected chi connectivity index (χ4v) is 6.19. The van der Waals surface area contributed by atoms with Crippen LogP contribution in [0.25, 0.3) is 0 Å². The molecule has 2 aliphatic heterocycles. The topological polar surface area (TPSA) is 94.1 Å². The first-order valence-electron chi connectivity index (χ1n) is 13.8. The van der Waals surface area contributed by atoms with E-state index in [0.717, 1.165) is 19.3 Å². The lowest BCUT2D eigenvalue weighted by molar-refractivity contribution is -0.137. The summed E-state index contributed by atoms with van der Waals surface area (Å²) in [5, 5.41) is 25.9. The Labute approximate surface area is 219 Å². The lowest BCUT2D eigenvalue weighted by atomic mass is 9.81. The summed E-state index contributed by atoms with van der Waals surface area (Å²) < 4.78 is 36.0. The van der Waals surface area contributed by atoms with E-state index in [1.54, 1.807) is 0 Å². The molecular formula is C28H43F2N3O4. The molecule has 4 aliphatic rings. The van der Waals surface area contributed by atoms with Crippen molar-refractivity contribution in [2.75, 3.05) is 20.1 Å². The first-order chi connectivity index (χ1) is 17.7. The summed E-state index contributed by atoms with van der Waals surface area (Å²) >= 11 is 0. The zero-order valence-electron chi connectivity index (χ0n) is 22.0. The molecule has 0 amide bonds. The van der Waals surface area contributed by atoms with Gasteiger partial charge in [0.2, 0.25) is 0 Å². The highest BCUT2D eigenvalue weighted by Gasteiger charge is 2.38. The molecule has 7 nitrogen and oxygen atoms in total. The highest BCUT2D eigenvalue weighted by atomic mass is 19.1. The maximum Gasteiger partial charge on any atom is 0.303 e. The summed E-state index contributed by atoms with van der Waals surface area (Å²) in [6.45, 7) is 3.20. The molecule has 2 heterocycles. The van der Waals surface area contributed by atoms with Gasteiger partial charge in [0.25, 0.3) is 0 Å². The number of carboxylic acids is 1. The lowest BCUT2D eigenvalue weighted by Gasteiger charge is -2.39. The number of likely N-dealkylation sites (N-methyl/N-ethyl adjacent to an activating group) is 1. The van der Waals surface area contributed by atoms with Gasteiger partial charge in [-0.1, -0.05) is 19.1 Å². The Hall–Kier alpha value is -1.81. The number of halogens is 2. The van der Waals surface area contributed by atoms with Gasteiger partial charge in [-0.2, -0.15) is 0 Å². The maximum absolute atomic E-state index is 15.1. The number of rotatable bonds is 10. The van der Waals surface area contributed by atoms with Gasteiger partial charge in [0.15, 0.2) is 0 Å². The van der Waals surface area contributed by atoms with Crippen LogP contribution in [0.3, 0.4) is 0 Å². The summed E-state index contributed by atoms with van der Waals surface area (Å²) in [6, 6.07) is 0.353. The Kier molecular flexibility index (Phi) is 9.78. The number of hydrogen-bond acceptors (Lipinski definition) is 6. The fourth-order valence-electron chi connectivity index (χ4n) is 6.19. The predicted octanol–water partition coefficient (Wildman–Crippen LogP) is 3.46. The monoisotopic (exact) mass is 523 g/mol. The smallest absolute Gasteiger partial charge is 0.303 e. The third kappa shape index (κ3) is 7.40. The Morgan fingerprint density at radius 3 is 2.81 bits per heavy atom. The first-order valence-corrected chi connectivity index (χ1v) is 13.8. The average molecular weight is 524 g/mol. The summed E-state index contributed by atoms with van der Waals surface area (Å²) in [6.07, 6.45) is 8.70. The number of carbonyl (C=O) groups is 1. The van der Waals surface area contributed by atoms with Gasteiger partial charge in [0.05, 0.1) is 12.2 Å². The standard InChI is InChI=1S/C28H43F2N3O4/c1-17-5-8-23(29)22(12-17)21-7-6-19(14-24(21)30)37-20-9-11-33(2)26(15-20)25-13-18(16-32-25)28(36)31-10-3-4-27(34)35/h7,9,11-12,17-20,23-26,28,31-32,36H,3-6,8,10,13-16H2,1-2H3,(H,34,35)/t17?,18?,19-,20?,23+,24?,25?,26?,28?/m1/s1. The normalized spacial score (nSPS) is 37.3. The molecule has 1 fully saturated rings. The molecule has 9 heteroatoms. The largest absolute Gasteiger partial charge is 0.481 e. The number of nitrogens with one attached hydrogen (secondary N) is 2. The zero-order valence-corrected chi connectivity index (χ0v) is 22.0. The van der Waals surface area contributed by atoms with Gasteiger partial charge in [-0.3, -0.25) is 10.1 Å². The number of aliphatic hydroxyl groups excluding tert-OH is 1. The number of ether oxygens (including phenoxy) is 1. The molecule has 4 N–H and O–H groups in total. The van der Waals surface area contributed by atoms with Crippen molar-refractivity contribution in [3.05, 3.63) is 35.6 Å². The van der Waals surface area contributed by atoms with Crippen LogP contribution < -0.4 is 10.6 Å². The predicted molar refractivity (Wildman–Crippen MR) is 138 cm³/mol. The second-order valence-corrected chi connectivity index (χ2v) is 11.3. The number of alkyl halides is 2. The van der Waals surface area contributed by atoms with E-state index in [0.29, 0.717) is 43.5 Å². The number of hydrogen-bond donors (Lipinski definition) is 4. The minimum atomic E-state index is -1.21. The van der Waals surface area contributed by atoms with Crippen molar-refractivity contribution >= 4 is 5.97 Å². The summed E-state index contributed by atoms with van der Waals surface area (Å²) in [4.78, 5) is 12.8. The number of aliphatic carboxylic acids is 1. The molecule has 208 valence electrons. The van der Waals surface area contributed by atoms with Crippen LogP contribution in [0.4, 0.5) is 8.78 Å². The summed E-state index contributed by atoms with van der Waals surface area (Å²) in [5.74, 6) is -0.512. The van der Waals surface area contributed by atoms with Crippen LogP contribution in [0.5, 0.6) is 0 Å². The molecule has 0 aromatic heterocycles. The van der Waals surface area contributed by atoms with E-state index in [-0.39, 0.29) is 49.0 Å². The average Bonchev–Trinajstić information content (AvgIpc) is 3.35. The first kappa shape index (κ1) is 28.2. The van der Waals surface area contributed by atoms with Crippen LogP contribution >= 0.6 is 0 Å². The van der Waals surface area contributed by atoms with Crippen molar-refractivity contribution in [1.82, 2.24) is 15.5 Å². The van der Waals surface area contributed by atoms with Gasteiger partial charge in [0, 0.05) is 44.4 Å². The van der Waals surface area contributed by atoms with Gasteiger partial charge < -0.3 is 25.2 Å². The Morgan fingerprint density at radius 2 is 2.05 bits per heavy atom. The van der Waals surface area contributed by atoms with E-state index < -0.39 is 24.5 Å².